The van der Waals surface area contributed by atoms with Gasteiger partial charge in [-0.05, 0) is 19.3 Å². The maximum absolute atomic E-state index is 5.85. The standard InChI is InChI=1S/C11H17N3O/c1-2-9-8-7-11(12-5-6-15-11)4-3-10(8)14-13-9/h12H,2-7H2,1H3,(H,13,14). The topological polar surface area (TPSA) is 49.9 Å². The van der Waals surface area contributed by atoms with Crippen LogP contribution in [-0.4, -0.2) is 29.1 Å². The van der Waals surface area contributed by atoms with Crippen molar-refractivity contribution in [2.24, 2.45) is 0 Å². The number of ether oxygens (including phenoxy) is 1. The van der Waals surface area contributed by atoms with Crippen molar-refractivity contribution in [1.82, 2.24) is 15.5 Å². The van der Waals surface area contributed by atoms with Crippen LogP contribution in [0.15, 0.2) is 0 Å². The number of fused-ring (bicyclic) bond motifs is 1. The highest BCUT2D eigenvalue weighted by Gasteiger charge is 2.39. The van der Waals surface area contributed by atoms with E-state index < -0.39 is 0 Å². The number of hydrogen-bond acceptors (Lipinski definition) is 3. The third kappa shape index (κ3) is 1.40. The Hall–Kier alpha value is -0.870. The number of aromatic nitrogens is 2. The highest BCUT2D eigenvalue weighted by molar-refractivity contribution is 5.30. The minimum absolute atomic E-state index is 0.0825. The van der Waals surface area contributed by atoms with Gasteiger partial charge >= 0.3 is 0 Å². The van der Waals surface area contributed by atoms with Gasteiger partial charge in [-0.15, -0.1) is 0 Å². The van der Waals surface area contributed by atoms with Gasteiger partial charge in [0, 0.05) is 24.2 Å². The Morgan fingerprint density at radius 1 is 1.53 bits per heavy atom. The smallest absolute Gasteiger partial charge is 0.123 e. The van der Waals surface area contributed by atoms with Crippen molar-refractivity contribution < 1.29 is 4.74 Å². The van der Waals surface area contributed by atoms with E-state index in [-0.39, 0.29) is 5.72 Å². The fourth-order valence-corrected chi connectivity index (χ4v) is 2.70. The van der Waals surface area contributed by atoms with E-state index in [1.165, 1.54) is 17.0 Å². The zero-order valence-electron chi connectivity index (χ0n) is 9.10. The number of nitrogens with zero attached hydrogens (tertiary/aromatic N) is 1. The summed E-state index contributed by atoms with van der Waals surface area (Å²) in [5.41, 5.74) is 3.83. The molecule has 2 heterocycles. The summed E-state index contributed by atoms with van der Waals surface area (Å²) in [6, 6.07) is 0. The summed E-state index contributed by atoms with van der Waals surface area (Å²) in [6.45, 7) is 3.98. The molecule has 1 atom stereocenters. The lowest BCUT2D eigenvalue weighted by molar-refractivity contribution is -0.0210. The van der Waals surface area contributed by atoms with Crippen LogP contribution in [0.5, 0.6) is 0 Å². The molecule has 15 heavy (non-hydrogen) atoms. The molecule has 82 valence electrons. The molecule has 1 aromatic rings. The summed E-state index contributed by atoms with van der Waals surface area (Å²) in [5, 5.41) is 11.0. The van der Waals surface area contributed by atoms with E-state index in [1.54, 1.807) is 0 Å². The summed E-state index contributed by atoms with van der Waals surface area (Å²) in [6.07, 6.45) is 4.09. The molecule has 1 aromatic heterocycles. The Balaban J connectivity index is 1.93. The van der Waals surface area contributed by atoms with Gasteiger partial charge in [0.2, 0.25) is 0 Å². The average Bonchev–Trinajstić information content (AvgIpc) is 2.85. The number of nitrogens with one attached hydrogen (secondary N) is 2. The number of aromatic amines is 1. The molecule has 3 rings (SSSR count). The van der Waals surface area contributed by atoms with Crippen molar-refractivity contribution in [3.8, 4) is 0 Å². The summed E-state index contributed by atoms with van der Waals surface area (Å²) >= 11 is 0. The van der Waals surface area contributed by atoms with Crippen LogP contribution in [0, 0.1) is 0 Å². The van der Waals surface area contributed by atoms with Gasteiger partial charge in [-0.3, -0.25) is 10.4 Å². The molecule has 2 aliphatic rings. The second kappa shape index (κ2) is 3.32. The summed E-state index contributed by atoms with van der Waals surface area (Å²) in [7, 11) is 0. The first kappa shape index (κ1) is 9.36. The summed E-state index contributed by atoms with van der Waals surface area (Å²) in [4.78, 5) is 0. The minimum atomic E-state index is -0.0825. The van der Waals surface area contributed by atoms with E-state index in [0.717, 1.165) is 38.8 Å². The van der Waals surface area contributed by atoms with Crippen molar-refractivity contribution in [1.29, 1.82) is 0 Å². The fraction of sp³-hybridized carbons (Fsp3) is 0.727. The second-order valence-corrected chi connectivity index (χ2v) is 4.43. The third-order valence-corrected chi connectivity index (χ3v) is 3.54. The first-order valence-corrected chi connectivity index (χ1v) is 5.77. The molecule has 4 heteroatoms. The molecule has 1 unspecified atom stereocenters. The highest BCUT2D eigenvalue weighted by Crippen LogP contribution is 2.32. The molecule has 0 radical (unpaired) electrons. The first-order chi connectivity index (χ1) is 7.33. The lowest BCUT2D eigenvalue weighted by Gasteiger charge is -2.32. The van der Waals surface area contributed by atoms with Crippen LogP contribution in [0.1, 0.15) is 30.3 Å². The van der Waals surface area contributed by atoms with E-state index in [4.69, 9.17) is 4.74 Å². The number of aryl methyl sites for hydroxylation is 2. The van der Waals surface area contributed by atoms with Gasteiger partial charge in [-0.2, -0.15) is 5.10 Å². The lowest BCUT2D eigenvalue weighted by Crippen LogP contribution is -2.46. The zero-order chi connectivity index (χ0) is 10.3. The molecular weight excluding hydrogens is 190 g/mol. The zero-order valence-corrected chi connectivity index (χ0v) is 9.10. The average molecular weight is 207 g/mol. The van der Waals surface area contributed by atoms with Gasteiger partial charge in [0.1, 0.15) is 5.72 Å². The number of H-pyrrole nitrogens is 1. The summed E-state index contributed by atoms with van der Waals surface area (Å²) < 4.78 is 5.85. The molecule has 4 nitrogen and oxygen atoms in total. The monoisotopic (exact) mass is 207 g/mol. The fourth-order valence-electron chi connectivity index (χ4n) is 2.70. The predicted molar refractivity (Wildman–Crippen MR) is 56.7 cm³/mol. The van der Waals surface area contributed by atoms with E-state index >= 15 is 0 Å². The summed E-state index contributed by atoms with van der Waals surface area (Å²) in [5.74, 6) is 0. The molecule has 1 saturated heterocycles. The molecule has 0 bridgehead atoms. The van der Waals surface area contributed by atoms with Crippen LogP contribution < -0.4 is 5.32 Å². The Kier molecular flexibility index (Phi) is 2.07. The largest absolute Gasteiger partial charge is 0.359 e. The maximum atomic E-state index is 5.85. The van der Waals surface area contributed by atoms with Crippen LogP contribution >= 0.6 is 0 Å². The van der Waals surface area contributed by atoms with Gasteiger partial charge in [-0.1, -0.05) is 6.92 Å². The number of hydrogen-bond donors (Lipinski definition) is 2. The van der Waals surface area contributed by atoms with Gasteiger partial charge in [-0.25, -0.2) is 0 Å². The van der Waals surface area contributed by atoms with Crippen molar-refractivity contribution in [3.63, 3.8) is 0 Å². The van der Waals surface area contributed by atoms with Crippen molar-refractivity contribution in [2.75, 3.05) is 13.2 Å². The van der Waals surface area contributed by atoms with Crippen molar-refractivity contribution >= 4 is 0 Å². The molecule has 1 fully saturated rings. The van der Waals surface area contributed by atoms with Gasteiger partial charge in [0.25, 0.3) is 0 Å². The molecule has 1 spiro atoms. The minimum Gasteiger partial charge on any atom is -0.359 e. The Labute approximate surface area is 89.4 Å². The highest BCUT2D eigenvalue weighted by atomic mass is 16.5. The van der Waals surface area contributed by atoms with Crippen LogP contribution in [0.3, 0.4) is 0 Å². The molecular formula is C11H17N3O. The van der Waals surface area contributed by atoms with Crippen LogP contribution in [0.25, 0.3) is 0 Å². The Bertz CT molecular complexity index is 352. The Morgan fingerprint density at radius 2 is 2.47 bits per heavy atom. The van der Waals surface area contributed by atoms with E-state index in [2.05, 4.69) is 22.4 Å². The van der Waals surface area contributed by atoms with Crippen molar-refractivity contribution in [3.05, 3.63) is 17.0 Å². The molecule has 1 aliphatic heterocycles. The lowest BCUT2D eigenvalue weighted by atomic mass is 9.88. The van der Waals surface area contributed by atoms with Gasteiger partial charge in [0.15, 0.2) is 0 Å². The van der Waals surface area contributed by atoms with Crippen LogP contribution in [-0.2, 0) is 24.0 Å². The quantitative estimate of drug-likeness (QED) is 0.715. The first-order valence-electron chi connectivity index (χ1n) is 5.77. The van der Waals surface area contributed by atoms with E-state index in [9.17, 15) is 0 Å². The second-order valence-electron chi connectivity index (χ2n) is 4.43. The molecule has 0 aromatic carbocycles. The van der Waals surface area contributed by atoms with Crippen LogP contribution in [0.2, 0.25) is 0 Å². The van der Waals surface area contributed by atoms with E-state index in [0.29, 0.717) is 0 Å². The molecule has 2 N–H and O–H groups in total. The third-order valence-electron chi connectivity index (χ3n) is 3.54. The van der Waals surface area contributed by atoms with Crippen molar-refractivity contribution in [2.45, 2.75) is 38.3 Å². The maximum Gasteiger partial charge on any atom is 0.123 e. The van der Waals surface area contributed by atoms with E-state index in [1.807, 2.05) is 0 Å². The predicted octanol–water partition coefficient (Wildman–Crippen LogP) is 0.777. The normalized spacial score (nSPS) is 29.7. The van der Waals surface area contributed by atoms with Gasteiger partial charge in [0.05, 0.1) is 12.3 Å². The SMILES string of the molecule is CCc1n[nH]c2c1CC1(CC2)NCCO1. The molecule has 0 saturated carbocycles. The molecule has 0 amide bonds. The Morgan fingerprint density at radius 3 is 3.20 bits per heavy atom. The number of rotatable bonds is 1. The van der Waals surface area contributed by atoms with Gasteiger partial charge < -0.3 is 4.74 Å². The van der Waals surface area contributed by atoms with Crippen LogP contribution in [0.4, 0.5) is 0 Å². The molecule has 1 aliphatic carbocycles.